The first kappa shape index (κ1) is 29.1. The van der Waals surface area contributed by atoms with Gasteiger partial charge in [0.05, 0.1) is 22.8 Å². The number of fused-ring (bicyclic) bond motifs is 1. The van der Waals surface area contributed by atoms with Crippen LogP contribution in [0.2, 0.25) is 5.02 Å². The zero-order valence-corrected chi connectivity index (χ0v) is 23.3. The summed E-state index contributed by atoms with van der Waals surface area (Å²) in [6.07, 6.45) is 0.204. The number of para-hydroxylation sites is 1. The van der Waals surface area contributed by atoms with Gasteiger partial charge >= 0.3 is 11.8 Å². The molecule has 0 fully saturated rings. The summed E-state index contributed by atoms with van der Waals surface area (Å²) in [4.78, 5) is 39.3. The van der Waals surface area contributed by atoms with Gasteiger partial charge in [0.2, 0.25) is 0 Å². The van der Waals surface area contributed by atoms with E-state index in [1.807, 2.05) is 0 Å². The third kappa shape index (κ3) is 5.96. The molecule has 3 aromatic rings. The molecule has 2 aromatic carbocycles. The lowest BCUT2D eigenvalue weighted by molar-refractivity contribution is 0.0689. The van der Waals surface area contributed by atoms with Gasteiger partial charge in [-0.2, -0.15) is 4.68 Å². The molecule has 1 aliphatic heterocycles. The lowest BCUT2D eigenvalue weighted by atomic mass is 10.1. The first-order valence-electron chi connectivity index (χ1n) is 12.7. The fourth-order valence-electron chi connectivity index (χ4n) is 4.48. The van der Waals surface area contributed by atoms with E-state index in [1.165, 1.54) is 16.7 Å². The van der Waals surface area contributed by atoms with Crippen LogP contribution in [0.5, 0.6) is 5.75 Å². The molecule has 1 unspecified atom stereocenters. The van der Waals surface area contributed by atoms with Crippen molar-refractivity contribution in [1.82, 2.24) is 19.2 Å². The highest BCUT2D eigenvalue weighted by Gasteiger charge is 2.30. The predicted octanol–water partition coefficient (Wildman–Crippen LogP) is 5.10. The van der Waals surface area contributed by atoms with Crippen molar-refractivity contribution < 1.29 is 28.2 Å². The Labute approximate surface area is 234 Å². The molecule has 214 valence electrons. The van der Waals surface area contributed by atoms with E-state index in [1.54, 1.807) is 27.7 Å². The Morgan fingerprint density at radius 1 is 1.23 bits per heavy atom. The van der Waals surface area contributed by atoms with Crippen molar-refractivity contribution in [1.29, 1.82) is 0 Å². The molecule has 2 amide bonds. The Balaban J connectivity index is 1.77. The smallest absolute Gasteiger partial charge is 0.407 e. The molecule has 0 spiro atoms. The van der Waals surface area contributed by atoms with Gasteiger partial charge in [0.1, 0.15) is 35.0 Å². The molecular weight excluding hydrogens is 548 g/mol. The number of rotatable bonds is 7. The van der Waals surface area contributed by atoms with Crippen molar-refractivity contribution in [2.75, 3.05) is 11.9 Å². The van der Waals surface area contributed by atoms with Crippen molar-refractivity contribution in [2.24, 2.45) is 0 Å². The van der Waals surface area contributed by atoms with Gasteiger partial charge in [0.25, 0.3) is 5.91 Å². The van der Waals surface area contributed by atoms with Crippen LogP contribution >= 0.6 is 11.6 Å². The van der Waals surface area contributed by atoms with Gasteiger partial charge in [0, 0.05) is 24.6 Å². The molecule has 40 heavy (non-hydrogen) atoms. The third-order valence-corrected chi connectivity index (χ3v) is 6.82. The Bertz CT molecular complexity index is 1490. The highest BCUT2D eigenvalue weighted by Crippen LogP contribution is 2.30. The standard InChI is InChI=1S/C27H30ClF2N5O5/c1-15(14-34(26(38)39)27(2,3)4)40-21-13-20(35-25(37)33-11-6-5-10-22(33)32-35)19(30)12-16(21)24(36)31-23-17(28)8-7-9-18(23)29/h7-9,12-13,15H,5-6,10-11,14H2,1-4H3,(H,31,36)(H,38,39). The largest absolute Gasteiger partial charge is 0.488 e. The Morgan fingerprint density at radius 2 is 1.95 bits per heavy atom. The van der Waals surface area contributed by atoms with Gasteiger partial charge in [-0.25, -0.2) is 18.4 Å². The van der Waals surface area contributed by atoms with E-state index in [4.69, 9.17) is 16.3 Å². The molecular formula is C27H30ClF2N5O5. The molecule has 0 saturated heterocycles. The summed E-state index contributed by atoms with van der Waals surface area (Å²) in [7, 11) is 0. The van der Waals surface area contributed by atoms with E-state index in [9.17, 15) is 23.9 Å². The van der Waals surface area contributed by atoms with E-state index in [-0.39, 0.29) is 34.3 Å². The van der Waals surface area contributed by atoms with Crippen LogP contribution in [0.3, 0.4) is 0 Å². The number of hydrogen-bond donors (Lipinski definition) is 2. The number of carbonyl (C=O) groups excluding carboxylic acids is 1. The molecule has 1 aliphatic rings. The zero-order valence-electron chi connectivity index (χ0n) is 22.5. The summed E-state index contributed by atoms with van der Waals surface area (Å²) in [5.74, 6) is -2.31. The first-order chi connectivity index (χ1) is 18.8. The number of carbonyl (C=O) groups is 2. The van der Waals surface area contributed by atoms with Gasteiger partial charge in [0.15, 0.2) is 0 Å². The monoisotopic (exact) mass is 577 g/mol. The maximum atomic E-state index is 15.5. The lowest BCUT2D eigenvalue weighted by Crippen LogP contribution is -2.49. The molecule has 0 saturated carbocycles. The summed E-state index contributed by atoms with van der Waals surface area (Å²) >= 11 is 6.05. The Morgan fingerprint density at radius 3 is 2.58 bits per heavy atom. The number of ether oxygens (including phenoxy) is 1. The minimum atomic E-state index is -1.18. The van der Waals surface area contributed by atoms with Gasteiger partial charge in [-0.15, -0.1) is 5.10 Å². The van der Waals surface area contributed by atoms with E-state index < -0.39 is 41.0 Å². The molecule has 2 N–H and O–H groups in total. The van der Waals surface area contributed by atoms with Crippen LogP contribution in [0.15, 0.2) is 35.1 Å². The average molecular weight is 578 g/mol. The number of amides is 2. The molecule has 2 heterocycles. The summed E-state index contributed by atoms with van der Waals surface area (Å²) in [6, 6.07) is 5.87. The maximum Gasteiger partial charge on any atom is 0.407 e. The van der Waals surface area contributed by atoms with Crippen molar-refractivity contribution in [3.8, 4) is 11.4 Å². The lowest BCUT2D eigenvalue weighted by Gasteiger charge is -2.35. The number of nitrogens with one attached hydrogen (secondary N) is 1. The molecule has 0 aliphatic carbocycles. The van der Waals surface area contributed by atoms with Gasteiger partial charge in [-0.05, 0) is 58.7 Å². The molecule has 13 heteroatoms. The number of nitrogens with zero attached hydrogens (tertiary/aromatic N) is 4. The molecule has 0 radical (unpaired) electrons. The van der Waals surface area contributed by atoms with Crippen LogP contribution in [-0.4, -0.2) is 54.5 Å². The van der Waals surface area contributed by atoms with Crippen LogP contribution in [0.25, 0.3) is 5.69 Å². The van der Waals surface area contributed by atoms with Gasteiger partial charge in [-0.3, -0.25) is 14.3 Å². The highest BCUT2D eigenvalue weighted by molar-refractivity contribution is 6.34. The number of carboxylic acid groups (broad SMARTS) is 1. The topological polar surface area (TPSA) is 119 Å². The van der Waals surface area contributed by atoms with E-state index in [0.717, 1.165) is 40.6 Å². The van der Waals surface area contributed by atoms with Crippen molar-refractivity contribution in [3.05, 3.63) is 68.9 Å². The Kier molecular flexibility index (Phi) is 8.20. The SMILES string of the molecule is CC(CN(C(=O)O)C(C)(C)C)Oc1cc(-n2nc3n(c2=O)CCCC3)c(F)cc1C(=O)Nc1c(F)cccc1Cl. The molecule has 1 atom stereocenters. The number of aromatic nitrogens is 3. The number of aryl methyl sites for hydroxylation is 1. The van der Waals surface area contributed by atoms with Crippen LogP contribution < -0.4 is 15.7 Å². The molecule has 1 aromatic heterocycles. The summed E-state index contributed by atoms with van der Waals surface area (Å²) in [6.45, 7) is 7.10. The van der Waals surface area contributed by atoms with E-state index in [2.05, 4.69) is 10.4 Å². The summed E-state index contributed by atoms with van der Waals surface area (Å²) in [5.41, 5.74) is -2.17. The fourth-order valence-corrected chi connectivity index (χ4v) is 4.69. The Hall–Kier alpha value is -3.93. The fraction of sp³-hybridized carbons (Fsp3) is 0.407. The van der Waals surface area contributed by atoms with Crippen LogP contribution in [0.4, 0.5) is 19.3 Å². The number of benzene rings is 2. The van der Waals surface area contributed by atoms with Crippen molar-refractivity contribution in [3.63, 3.8) is 0 Å². The minimum absolute atomic E-state index is 0.0706. The average Bonchev–Trinajstić information content (AvgIpc) is 3.21. The van der Waals surface area contributed by atoms with Crippen molar-refractivity contribution in [2.45, 2.75) is 65.1 Å². The molecule has 10 nitrogen and oxygen atoms in total. The zero-order chi connectivity index (χ0) is 29.4. The van der Waals surface area contributed by atoms with E-state index >= 15 is 4.39 Å². The second-order valence-corrected chi connectivity index (χ2v) is 11.0. The van der Waals surface area contributed by atoms with E-state index in [0.29, 0.717) is 18.8 Å². The molecule has 4 rings (SSSR count). The first-order valence-corrected chi connectivity index (χ1v) is 13.1. The minimum Gasteiger partial charge on any atom is -0.488 e. The highest BCUT2D eigenvalue weighted by atomic mass is 35.5. The van der Waals surface area contributed by atoms with Gasteiger partial charge < -0.3 is 15.2 Å². The van der Waals surface area contributed by atoms with Crippen molar-refractivity contribution >= 4 is 29.3 Å². The number of hydrogen-bond acceptors (Lipinski definition) is 5. The third-order valence-electron chi connectivity index (χ3n) is 6.50. The summed E-state index contributed by atoms with van der Waals surface area (Å²) in [5, 5.41) is 16.2. The van der Waals surface area contributed by atoms with Crippen LogP contribution in [-0.2, 0) is 13.0 Å². The summed E-state index contributed by atoms with van der Waals surface area (Å²) < 4.78 is 38.3. The number of halogens is 3. The number of anilines is 1. The van der Waals surface area contributed by atoms with Crippen LogP contribution in [0.1, 0.15) is 56.7 Å². The second-order valence-electron chi connectivity index (χ2n) is 10.6. The maximum absolute atomic E-state index is 15.5. The molecule has 0 bridgehead atoms. The normalized spacial score (nSPS) is 13.9. The van der Waals surface area contributed by atoms with Gasteiger partial charge in [-0.1, -0.05) is 17.7 Å². The second kappa shape index (κ2) is 11.3. The quantitative estimate of drug-likeness (QED) is 0.403. The van der Waals surface area contributed by atoms with Crippen LogP contribution in [0, 0.1) is 11.6 Å². The predicted molar refractivity (Wildman–Crippen MR) is 145 cm³/mol.